The van der Waals surface area contributed by atoms with Crippen molar-refractivity contribution >= 4 is 15.8 Å². The molecule has 25 heavy (non-hydrogen) atoms. The third-order valence-corrected chi connectivity index (χ3v) is 6.93. The number of hydrogen-bond acceptors (Lipinski definition) is 5. The Morgan fingerprint density at radius 3 is 2.36 bits per heavy atom. The molecule has 4 rings (SSSR count). The number of nitrogens with zero attached hydrogens (tertiary/aromatic N) is 4. The molecule has 1 aromatic carbocycles. The summed E-state index contributed by atoms with van der Waals surface area (Å²) in [6.07, 6.45) is 1.59. The van der Waals surface area contributed by atoms with Gasteiger partial charge in [-0.2, -0.15) is 0 Å². The average Bonchev–Trinajstić information content (AvgIpc) is 3.15. The van der Waals surface area contributed by atoms with Crippen molar-refractivity contribution in [2.75, 3.05) is 31.1 Å². The van der Waals surface area contributed by atoms with Crippen LogP contribution in [0, 0.1) is 18.8 Å². The molecular weight excluding hydrogens is 336 g/mol. The van der Waals surface area contributed by atoms with E-state index in [-0.39, 0.29) is 5.75 Å². The number of sulfonamides is 1. The fraction of sp³-hybridized carbons (Fsp3) is 0.444. The van der Waals surface area contributed by atoms with Gasteiger partial charge < -0.3 is 4.90 Å². The topological polar surface area (TPSA) is 66.4 Å². The van der Waals surface area contributed by atoms with E-state index in [0.717, 1.165) is 30.2 Å². The molecule has 0 aliphatic carbocycles. The molecule has 0 N–H and O–H groups in total. The Labute approximate surface area is 148 Å². The Hall–Kier alpha value is -1.99. The van der Waals surface area contributed by atoms with Crippen molar-refractivity contribution in [3.05, 3.63) is 54.0 Å². The summed E-state index contributed by atoms with van der Waals surface area (Å²) in [5.41, 5.74) is 1.80. The second kappa shape index (κ2) is 6.38. The third kappa shape index (κ3) is 3.39. The smallest absolute Gasteiger partial charge is 0.218 e. The maximum atomic E-state index is 12.7. The van der Waals surface area contributed by atoms with Crippen LogP contribution < -0.4 is 4.90 Å². The first-order valence-corrected chi connectivity index (χ1v) is 10.2. The van der Waals surface area contributed by atoms with Gasteiger partial charge in [0.15, 0.2) is 0 Å². The van der Waals surface area contributed by atoms with Gasteiger partial charge in [0, 0.05) is 37.9 Å². The molecule has 2 unspecified atom stereocenters. The molecule has 2 aromatic rings. The standard InChI is InChI=1S/C18H22N4O2S/c1-14-7-18(20-13-19-14)21-8-16-10-22(11-17(16)9-21)25(23,24)12-15-5-3-2-4-6-15/h2-7,13,16-17H,8-12H2,1H3. The molecule has 2 saturated heterocycles. The molecule has 2 aliphatic heterocycles. The van der Waals surface area contributed by atoms with Gasteiger partial charge in [0.1, 0.15) is 12.1 Å². The maximum absolute atomic E-state index is 12.7. The quantitative estimate of drug-likeness (QED) is 0.832. The van der Waals surface area contributed by atoms with E-state index in [9.17, 15) is 8.42 Å². The van der Waals surface area contributed by atoms with E-state index in [1.54, 1.807) is 10.6 Å². The van der Waals surface area contributed by atoms with Gasteiger partial charge in [-0.3, -0.25) is 0 Å². The molecule has 0 amide bonds. The van der Waals surface area contributed by atoms with E-state index in [0.29, 0.717) is 24.9 Å². The lowest BCUT2D eigenvalue weighted by atomic mass is 10.0. The molecule has 0 saturated carbocycles. The highest BCUT2D eigenvalue weighted by Gasteiger charge is 2.44. The molecule has 2 fully saturated rings. The van der Waals surface area contributed by atoms with Crippen molar-refractivity contribution in [2.45, 2.75) is 12.7 Å². The minimum absolute atomic E-state index is 0.0854. The third-order valence-electron chi connectivity index (χ3n) is 5.15. The summed E-state index contributed by atoms with van der Waals surface area (Å²) in [5, 5.41) is 0. The highest BCUT2D eigenvalue weighted by Crippen LogP contribution is 2.35. The fourth-order valence-electron chi connectivity index (χ4n) is 3.85. The minimum atomic E-state index is -3.25. The second-order valence-electron chi connectivity index (χ2n) is 7.00. The summed E-state index contributed by atoms with van der Waals surface area (Å²) in [7, 11) is -3.25. The average molecular weight is 358 g/mol. The predicted octanol–water partition coefficient (Wildman–Crippen LogP) is 1.68. The van der Waals surface area contributed by atoms with E-state index in [1.807, 2.05) is 43.3 Å². The van der Waals surface area contributed by atoms with Crippen LogP contribution in [0.25, 0.3) is 0 Å². The zero-order valence-corrected chi connectivity index (χ0v) is 15.1. The molecule has 132 valence electrons. The van der Waals surface area contributed by atoms with E-state index in [4.69, 9.17) is 0 Å². The van der Waals surface area contributed by atoms with Gasteiger partial charge in [-0.05, 0) is 24.3 Å². The lowest BCUT2D eigenvalue weighted by molar-refractivity contribution is 0.452. The number of fused-ring (bicyclic) bond motifs is 1. The number of anilines is 1. The number of benzene rings is 1. The first kappa shape index (κ1) is 16.5. The largest absolute Gasteiger partial charge is 0.356 e. The molecule has 0 radical (unpaired) electrons. The monoisotopic (exact) mass is 358 g/mol. The van der Waals surface area contributed by atoms with Crippen molar-refractivity contribution in [2.24, 2.45) is 11.8 Å². The van der Waals surface area contributed by atoms with Crippen LogP contribution in [-0.2, 0) is 15.8 Å². The van der Waals surface area contributed by atoms with Gasteiger partial charge in [0.05, 0.1) is 5.75 Å². The van der Waals surface area contributed by atoms with Crippen molar-refractivity contribution in [1.29, 1.82) is 0 Å². The van der Waals surface area contributed by atoms with Gasteiger partial charge in [-0.1, -0.05) is 30.3 Å². The summed E-state index contributed by atoms with van der Waals surface area (Å²) in [5.74, 6) is 1.78. The Balaban J connectivity index is 1.42. The molecular formula is C18H22N4O2S. The van der Waals surface area contributed by atoms with Crippen LogP contribution in [0.4, 0.5) is 5.82 Å². The number of aryl methyl sites for hydroxylation is 1. The number of aromatic nitrogens is 2. The molecule has 7 heteroatoms. The van der Waals surface area contributed by atoms with Crippen LogP contribution in [0.1, 0.15) is 11.3 Å². The SMILES string of the molecule is Cc1cc(N2CC3CN(S(=O)(=O)Cc4ccccc4)CC3C2)ncn1. The van der Waals surface area contributed by atoms with Crippen molar-refractivity contribution in [3.8, 4) is 0 Å². The van der Waals surface area contributed by atoms with Crippen LogP contribution in [0.3, 0.4) is 0 Å². The zero-order chi connectivity index (χ0) is 17.4. The zero-order valence-electron chi connectivity index (χ0n) is 14.2. The molecule has 2 atom stereocenters. The Morgan fingerprint density at radius 1 is 1.04 bits per heavy atom. The normalized spacial score (nSPS) is 23.8. The van der Waals surface area contributed by atoms with Crippen LogP contribution in [0.2, 0.25) is 0 Å². The fourth-order valence-corrected chi connectivity index (χ4v) is 5.49. The van der Waals surface area contributed by atoms with Gasteiger partial charge in [0.25, 0.3) is 0 Å². The molecule has 2 aliphatic rings. The Kier molecular flexibility index (Phi) is 4.21. The summed E-state index contributed by atoms with van der Waals surface area (Å²) in [6.45, 7) is 4.90. The highest BCUT2D eigenvalue weighted by atomic mass is 32.2. The molecule has 6 nitrogen and oxygen atoms in total. The second-order valence-corrected chi connectivity index (χ2v) is 8.97. The van der Waals surface area contributed by atoms with E-state index in [1.165, 1.54) is 0 Å². The van der Waals surface area contributed by atoms with Gasteiger partial charge in [-0.25, -0.2) is 22.7 Å². The predicted molar refractivity (Wildman–Crippen MR) is 96.6 cm³/mol. The van der Waals surface area contributed by atoms with E-state index < -0.39 is 10.0 Å². The Bertz CT molecular complexity index is 842. The summed E-state index contributed by atoms with van der Waals surface area (Å²) < 4.78 is 27.1. The van der Waals surface area contributed by atoms with E-state index in [2.05, 4.69) is 14.9 Å². The Morgan fingerprint density at radius 2 is 1.72 bits per heavy atom. The van der Waals surface area contributed by atoms with Gasteiger partial charge >= 0.3 is 0 Å². The minimum Gasteiger partial charge on any atom is -0.356 e. The van der Waals surface area contributed by atoms with Crippen LogP contribution in [0.15, 0.2) is 42.7 Å². The van der Waals surface area contributed by atoms with Gasteiger partial charge in [-0.15, -0.1) is 0 Å². The van der Waals surface area contributed by atoms with E-state index >= 15 is 0 Å². The molecule has 0 spiro atoms. The summed E-state index contributed by atoms with van der Waals surface area (Å²) in [4.78, 5) is 10.8. The first-order valence-electron chi connectivity index (χ1n) is 8.56. The molecule has 1 aromatic heterocycles. The van der Waals surface area contributed by atoms with Crippen LogP contribution in [0.5, 0.6) is 0 Å². The lowest BCUT2D eigenvalue weighted by Gasteiger charge is -2.22. The molecule has 0 bridgehead atoms. The van der Waals surface area contributed by atoms with Crippen molar-refractivity contribution < 1.29 is 8.42 Å². The lowest BCUT2D eigenvalue weighted by Crippen LogP contribution is -2.34. The van der Waals surface area contributed by atoms with Gasteiger partial charge in [0.2, 0.25) is 10.0 Å². The van der Waals surface area contributed by atoms with Crippen molar-refractivity contribution in [1.82, 2.24) is 14.3 Å². The van der Waals surface area contributed by atoms with Crippen LogP contribution in [-0.4, -0.2) is 48.9 Å². The first-order chi connectivity index (χ1) is 12.0. The number of rotatable bonds is 4. The maximum Gasteiger partial charge on any atom is 0.218 e. The van der Waals surface area contributed by atoms with Crippen molar-refractivity contribution in [3.63, 3.8) is 0 Å². The summed E-state index contributed by atoms with van der Waals surface area (Å²) in [6, 6.07) is 11.4. The van der Waals surface area contributed by atoms with Crippen LogP contribution >= 0.6 is 0 Å². The summed E-state index contributed by atoms with van der Waals surface area (Å²) >= 11 is 0. The molecule has 3 heterocycles. The highest BCUT2D eigenvalue weighted by molar-refractivity contribution is 7.88. The number of hydrogen-bond donors (Lipinski definition) is 0.